The Morgan fingerprint density at radius 2 is 0.973 bits per heavy atom. The highest BCUT2D eigenvalue weighted by atomic mass is 19.1. The smallest absolute Gasteiger partial charge is 0.256 e. The van der Waals surface area contributed by atoms with Crippen molar-refractivity contribution in [3.05, 3.63) is 159 Å². The Balaban J connectivity index is 1.09. The van der Waals surface area contributed by atoms with Crippen LogP contribution in [0, 0.1) is 30.0 Å². The number of hydrogen-bond donors (Lipinski definition) is 4. The number of halogens is 2. The minimum atomic E-state index is -1.15. The van der Waals surface area contributed by atoms with Crippen LogP contribution in [0.1, 0.15) is 184 Å². The number of fused-ring (bicyclic) bond motifs is 2. The van der Waals surface area contributed by atoms with Crippen molar-refractivity contribution in [2.45, 2.75) is 142 Å². The monoisotopic (exact) mass is 999 g/mol. The van der Waals surface area contributed by atoms with Crippen LogP contribution in [0.2, 0.25) is 0 Å². The van der Waals surface area contributed by atoms with Crippen molar-refractivity contribution in [1.29, 1.82) is 0 Å². The van der Waals surface area contributed by atoms with Crippen LogP contribution >= 0.6 is 0 Å². The third-order valence-electron chi connectivity index (χ3n) is 15.7. The number of aryl methyl sites for hydroxylation is 1. The summed E-state index contributed by atoms with van der Waals surface area (Å²) < 4.78 is 43.1. The molecule has 0 spiro atoms. The molecule has 3 aliphatic rings. The van der Waals surface area contributed by atoms with E-state index in [1.54, 1.807) is 12.1 Å². The number of ether oxygens (including phenoxy) is 2. The van der Waals surface area contributed by atoms with E-state index >= 15 is 18.4 Å². The number of carbonyl (C=O) groups is 2. The average molecular weight is 1000 g/mol. The molecular formula is C63H67F2N3O6. The van der Waals surface area contributed by atoms with Gasteiger partial charge in [-0.15, -0.1) is 0 Å². The zero-order valence-electron chi connectivity index (χ0n) is 42.8. The number of hydrogen-bond acceptors (Lipinski definition) is 8. The number of carbonyl (C=O) groups excluding carboxylic acids is 2. The van der Waals surface area contributed by atoms with Gasteiger partial charge < -0.3 is 30.3 Å². The first-order valence-corrected chi connectivity index (χ1v) is 26.9. The number of phenols is 2. The Kier molecular flexibility index (Phi) is 16.3. The third-order valence-corrected chi connectivity index (χ3v) is 15.7. The van der Waals surface area contributed by atoms with E-state index in [-0.39, 0.29) is 39.7 Å². The molecular weight excluding hydrogens is 933 g/mol. The van der Waals surface area contributed by atoms with Crippen LogP contribution in [0.3, 0.4) is 0 Å². The van der Waals surface area contributed by atoms with Crippen LogP contribution in [-0.2, 0) is 6.42 Å². The molecule has 6 aromatic carbocycles. The maximum atomic E-state index is 15.3. The van der Waals surface area contributed by atoms with Crippen molar-refractivity contribution < 1.29 is 38.1 Å². The van der Waals surface area contributed by atoms with Gasteiger partial charge in [0.2, 0.25) is 11.6 Å². The van der Waals surface area contributed by atoms with Gasteiger partial charge >= 0.3 is 0 Å². The summed E-state index contributed by atoms with van der Waals surface area (Å²) in [4.78, 5) is 33.6. The van der Waals surface area contributed by atoms with E-state index in [1.807, 2.05) is 60.7 Å². The van der Waals surface area contributed by atoms with Gasteiger partial charge in [-0.1, -0.05) is 102 Å². The van der Waals surface area contributed by atoms with Crippen LogP contribution in [-0.4, -0.2) is 21.8 Å². The number of benzene rings is 6. The Morgan fingerprint density at radius 3 is 1.38 bits per heavy atom. The normalized spacial score (nSPS) is 18.3. The highest BCUT2D eigenvalue weighted by Crippen LogP contribution is 2.51. The number of aromatic hydroxyl groups is 2. The summed E-state index contributed by atoms with van der Waals surface area (Å²) in [5, 5.41) is 30.6. The molecule has 2 saturated carbocycles. The first-order chi connectivity index (χ1) is 36.0. The molecule has 11 heteroatoms. The van der Waals surface area contributed by atoms with Gasteiger partial charge in [0.05, 0.1) is 40.2 Å². The molecule has 4 N–H and O–H groups in total. The molecule has 74 heavy (non-hydrogen) atoms. The highest BCUT2D eigenvalue weighted by molar-refractivity contribution is 6.34. The van der Waals surface area contributed by atoms with Crippen LogP contribution in [0.4, 0.5) is 37.2 Å². The van der Waals surface area contributed by atoms with Gasteiger partial charge in [0, 0.05) is 23.5 Å². The number of unbranched alkanes of at least 4 members (excludes halogenated alkanes) is 3. The van der Waals surface area contributed by atoms with Crippen molar-refractivity contribution in [1.82, 2.24) is 0 Å². The summed E-state index contributed by atoms with van der Waals surface area (Å²) in [6.45, 7) is 13.9. The number of anilines is 4. The lowest BCUT2D eigenvalue weighted by Gasteiger charge is -2.29. The van der Waals surface area contributed by atoms with E-state index in [2.05, 4.69) is 36.2 Å². The van der Waals surface area contributed by atoms with E-state index in [1.165, 1.54) is 87.5 Å². The fourth-order valence-corrected chi connectivity index (χ4v) is 11.4. The second-order valence-corrected chi connectivity index (χ2v) is 20.7. The van der Waals surface area contributed by atoms with Gasteiger partial charge in [-0.3, -0.25) is 9.59 Å². The summed E-state index contributed by atoms with van der Waals surface area (Å²) >= 11 is 0. The van der Waals surface area contributed by atoms with E-state index in [4.69, 9.17) is 16.0 Å². The van der Waals surface area contributed by atoms with Gasteiger partial charge in [0.25, 0.3) is 5.69 Å². The molecule has 0 saturated heterocycles. The predicted molar refractivity (Wildman–Crippen MR) is 289 cm³/mol. The van der Waals surface area contributed by atoms with Gasteiger partial charge in [0.1, 0.15) is 23.1 Å². The van der Waals surface area contributed by atoms with Gasteiger partial charge in [-0.25, -0.2) is 13.6 Å². The van der Waals surface area contributed by atoms with E-state index in [9.17, 15) is 10.2 Å². The van der Waals surface area contributed by atoms with Crippen molar-refractivity contribution in [3.8, 4) is 34.5 Å². The van der Waals surface area contributed by atoms with Crippen molar-refractivity contribution in [2.75, 3.05) is 10.6 Å². The summed E-state index contributed by atoms with van der Waals surface area (Å²) in [5.41, 5.74) is 1.64. The summed E-state index contributed by atoms with van der Waals surface area (Å²) in [5.74, 6) is -2.47. The molecule has 0 aliphatic heterocycles. The van der Waals surface area contributed by atoms with Gasteiger partial charge in [0.15, 0.2) is 23.0 Å². The zero-order valence-corrected chi connectivity index (χ0v) is 42.8. The number of nitrogens with one attached hydrogen (secondary N) is 2. The van der Waals surface area contributed by atoms with Gasteiger partial charge in [-0.2, -0.15) is 0 Å². The number of nitrogens with zero attached hydrogens (tertiary/aromatic N) is 1. The fraction of sp³-hybridized carbons (Fsp3) is 0.381. The van der Waals surface area contributed by atoms with E-state index < -0.39 is 51.5 Å². The Labute approximate surface area is 434 Å². The minimum Gasteiger partial charge on any atom is -0.504 e. The molecule has 0 radical (unpaired) electrons. The molecule has 0 heterocycles. The molecule has 6 aromatic rings. The van der Waals surface area contributed by atoms with Crippen LogP contribution in [0.15, 0.2) is 97.1 Å². The van der Waals surface area contributed by atoms with Gasteiger partial charge in [-0.05, 0) is 153 Å². The lowest BCUT2D eigenvalue weighted by Crippen LogP contribution is -2.24. The average Bonchev–Trinajstić information content (AvgIpc) is 3.41. The van der Waals surface area contributed by atoms with Crippen LogP contribution < -0.4 is 20.1 Å². The highest BCUT2D eigenvalue weighted by Gasteiger charge is 2.41. The molecule has 3 aliphatic carbocycles. The second kappa shape index (κ2) is 23.3. The van der Waals surface area contributed by atoms with Crippen molar-refractivity contribution in [3.63, 3.8) is 0 Å². The largest absolute Gasteiger partial charge is 0.504 e. The lowest BCUT2D eigenvalue weighted by atomic mass is 9.77. The lowest BCUT2D eigenvalue weighted by molar-refractivity contribution is 0.0974. The predicted octanol–water partition coefficient (Wildman–Crippen LogP) is 18.0. The minimum absolute atomic E-state index is 0.106. The number of rotatable bonds is 19. The SMILES string of the molecule is [C-]#[N+]c1c(F)cc(Nc2cc(Oc3ccc(C4CCC(CCCC)CC4)cc3)c(O)c3c2C(=O)c2c(O)c(Oc4ccc(C5CCC(CCCC)CC5)cc4)cc(Nc4ccc(CCCC)cc4)c2C3=O)cc1F. The molecule has 0 amide bonds. The second-order valence-electron chi connectivity index (χ2n) is 20.7. The number of phenolic OH excluding ortho intramolecular Hbond substituents is 2. The molecule has 9 rings (SSSR count). The van der Waals surface area contributed by atoms with Crippen molar-refractivity contribution >= 4 is 40.0 Å². The molecule has 0 unspecified atom stereocenters. The standard InChI is InChI=1S/C63H67F2N3O6/c1-5-8-11-38-14-20-41(21-15-38)43-24-30-47(31-25-43)73-53-36-51(67-45-28-18-40(19-29-45)13-10-7-3)55-57(60(53)69)63(72)56-52(68-46-34-49(64)59(66-4)50(65)35-46)37-54(61(70)58(56)62(55)71)74-48-32-26-44(27-33-48)42-22-16-39(17-23-42)12-9-6-2/h18-19,24-39,41-42,67-70H,5-17,20-23H2,1-3H3. The Bertz CT molecular complexity index is 3000. The Morgan fingerprint density at radius 1 is 0.554 bits per heavy atom. The Hall–Kier alpha value is -7.19. The first kappa shape index (κ1) is 51.7. The van der Waals surface area contributed by atoms with Crippen LogP contribution in [0.25, 0.3) is 4.85 Å². The summed E-state index contributed by atoms with van der Waals surface area (Å²) in [6.07, 6.45) is 19.6. The maximum Gasteiger partial charge on any atom is 0.256 e. The molecule has 0 aromatic heterocycles. The third kappa shape index (κ3) is 11.3. The van der Waals surface area contributed by atoms with Crippen molar-refractivity contribution in [2.24, 2.45) is 11.8 Å². The molecule has 384 valence electrons. The molecule has 0 bridgehead atoms. The topological polar surface area (TPSA) is 121 Å². The fourth-order valence-electron chi connectivity index (χ4n) is 11.4. The first-order valence-electron chi connectivity index (χ1n) is 26.9. The molecule has 2 fully saturated rings. The summed E-state index contributed by atoms with van der Waals surface area (Å²) in [7, 11) is 0. The number of ketones is 2. The quantitative estimate of drug-likeness (QED) is 0.0467. The maximum absolute atomic E-state index is 15.3. The molecule has 0 atom stereocenters. The van der Waals surface area contributed by atoms with Crippen LogP contribution in [0.5, 0.6) is 34.5 Å². The molecule has 9 nitrogen and oxygen atoms in total. The van der Waals surface area contributed by atoms with E-state index in [0.717, 1.165) is 74.5 Å². The summed E-state index contributed by atoms with van der Waals surface area (Å²) in [6, 6.07) is 27.6. The zero-order chi connectivity index (χ0) is 51.9. The van der Waals surface area contributed by atoms with E-state index in [0.29, 0.717) is 29.0 Å².